The highest BCUT2D eigenvalue weighted by atomic mass is 15.1. The largest absolute Gasteiger partial charge is 0.315 e. The summed E-state index contributed by atoms with van der Waals surface area (Å²) in [7, 11) is 2.17. The molecule has 0 spiro atoms. The first-order chi connectivity index (χ1) is 6.06. The predicted molar refractivity (Wildman–Crippen MR) is 57.9 cm³/mol. The van der Waals surface area contributed by atoms with Crippen LogP contribution in [-0.4, -0.2) is 38.1 Å². The topological polar surface area (TPSA) is 15.3 Å². The minimum absolute atomic E-state index is 0.629. The van der Waals surface area contributed by atoms with Gasteiger partial charge in [-0.2, -0.15) is 0 Å². The Kier molecular flexibility index (Phi) is 3.74. The van der Waals surface area contributed by atoms with Crippen molar-refractivity contribution < 1.29 is 0 Å². The molecule has 1 aliphatic rings. The summed E-state index contributed by atoms with van der Waals surface area (Å²) in [6.45, 7) is 11.6. The summed E-state index contributed by atoms with van der Waals surface area (Å²) in [5, 5.41) is 3.53. The highest BCUT2D eigenvalue weighted by molar-refractivity contribution is 4.95. The van der Waals surface area contributed by atoms with E-state index in [9.17, 15) is 0 Å². The van der Waals surface area contributed by atoms with E-state index in [1.165, 1.54) is 19.5 Å². The Morgan fingerprint density at radius 3 is 2.54 bits per heavy atom. The molecule has 1 fully saturated rings. The minimum Gasteiger partial charge on any atom is -0.315 e. The van der Waals surface area contributed by atoms with Crippen LogP contribution in [0.3, 0.4) is 0 Å². The van der Waals surface area contributed by atoms with Crippen LogP contribution in [0, 0.1) is 11.3 Å². The van der Waals surface area contributed by atoms with Crippen LogP contribution < -0.4 is 5.32 Å². The number of hydrogen-bond acceptors (Lipinski definition) is 2. The van der Waals surface area contributed by atoms with Gasteiger partial charge in [-0.3, -0.25) is 0 Å². The quantitative estimate of drug-likeness (QED) is 0.630. The molecule has 1 N–H and O–H groups in total. The van der Waals surface area contributed by atoms with Crippen LogP contribution in [0.5, 0.6) is 0 Å². The van der Waals surface area contributed by atoms with E-state index in [-0.39, 0.29) is 0 Å². The summed E-state index contributed by atoms with van der Waals surface area (Å²) in [5.74, 6) is 0.930. The van der Waals surface area contributed by atoms with Gasteiger partial charge in [0.2, 0.25) is 0 Å². The normalized spacial score (nSPS) is 25.2. The lowest BCUT2D eigenvalue weighted by molar-refractivity contribution is 0.346. The zero-order valence-electron chi connectivity index (χ0n) is 9.56. The molecular formula is C11H24N2. The van der Waals surface area contributed by atoms with E-state index < -0.39 is 0 Å². The van der Waals surface area contributed by atoms with Crippen LogP contribution >= 0.6 is 0 Å². The molecule has 0 aromatic carbocycles. The number of nitrogens with one attached hydrogen (secondary N) is 1. The molecule has 13 heavy (non-hydrogen) atoms. The smallest absolute Gasteiger partial charge is 0.0104 e. The molecule has 1 atom stereocenters. The second-order valence-corrected chi connectivity index (χ2v) is 4.99. The first-order valence-electron chi connectivity index (χ1n) is 5.45. The SMILES string of the molecule is CCN(C)CCNCC1CC1(C)C. The standard InChI is InChI=1S/C11H24N2/c1-5-13(4)7-6-12-9-10-8-11(10,2)3/h10,12H,5-9H2,1-4H3. The third kappa shape index (κ3) is 3.65. The molecule has 0 aromatic rings. The highest BCUT2D eigenvalue weighted by Crippen LogP contribution is 2.50. The fourth-order valence-corrected chi connectivity index (χ4v) is 1.63. The first-order valence-corrected chi connectivity index (χ1v) is 5.45. The molecule has 78 valence electrons. The van der Waals surface area contributed by atoms with E-state index in [1.54, 1.807) is 0 Å². The molecule has 0 heterocycles. The van der Waals surface area contributed by atoms with E-state index in [0.29, 0.717) is 5.41 Å². The van der Waals surface area contributed by atoms with Crippen LogP contribution in [0.15, 0.2) is 0 Å². The van der Waals surface area contributed by atoms with Crippen LogP contribution in [0.1, 0.15) is 27.2 Å². The van der Waals surface area contributed by atoms with Gasteiger partial charge in [-0.15, -0.1) is 0 Å². The molecule has 1 unspecified atom stereocenters. The lowest BCUT2D eigenvalue weighted by atomic mass is 10.1. The third-order valence-corrected chi connectivity index (χ3v) is 3.32. The monoisotopic (exact) mass is 184 g/mol. The van der Waals surface area contributed by atoms with Crippen molar-refractivity contribution in [2.75, 3.05) is 33.2 Å². The Morgan fingerprint density at radius 1 is 1.46 bits per heavy atom. The van der Waals surface area contributed by atoms with Crippen LogP contribution in [0.4, 0.5) is 0 Å². The second-order valence-electron chi connectivity index (χ2n) is 4.99. The van der Waals surface area contributed by atoms with Gasteiger partial charge in [-0.25, -0.2) is 0 Å². The van der Waals surface area contributed by atoms with Gasteiger partial charge in [0, 0.05) is 13.1 Å². The molecule has 0 bridgehead atoms. The summed E-state index contributed by atoms with van der Waals surface area (Å²) < 4.78 is 0. The van der Waals surface area contributed by atoms with Gasteiger partial charge in [0.15, 0.2) is 0 Å². The van der Waals surface area contributed by atoms with E-state index in [0.717, 1.165) is 19.0 Å². The van der Waals surface area contributed by atoms with E-state index in [2.05, 4.69) is 38.0 Å². The Labute approximate surface area is 82.7 Å². The van der Waals surface area contributed by atoms with Crippen molar-refractivity contribution in [1.29, 1.82) is 0 Å². The summed E-state index contributed by atoms with van der Waals surface area (Å²) >= 11 is 0. The van der Waals surface area contributed by atoms with Gasteiger partial charge in [0.1, 0.15) is 0 Å². The predicted octanol–water partition coefficient (Wildman–Crippen LogP) is 1.57. The summed E-state index contributed by atoms with van der Waals surface area (Å²) in [4.78, 5) is 2.34. The second kappa shape index (κ2) is 4.43. The Morgan fingerprint density at radius 2 is 2.08 bits per heavy atom. The maximum atomic E-state index is 3.53. The van der Waals surface area contributed by atoms with E-state index in [1.807, 2.05) is 0 Å². The number of nitrogens with zero attached hydrogens (tertiary/aromatic N) is 1. The highest BCUT2D eigenvalue weighted by Gasteiger charge is 2.44. The number of likely N-dealkylation sites (N-methyl/N-ethyl adjacent to an activating group) is 1. The third-order valence-electron chi connectivity index (χ3n) is 3.32. The maximum Gasteiger partial charge on any atom is 0.0104 e. The molecule has 2 heteroatoms. The number of hydrogen-bond donors (Lipinski definition) is 1. The van der Waals surface area contributed by atoms with Gasteiger partial charge in [-0.05, 0) is 37.9 Å². The molecular weight excluding hydrogens is 160 g/mol. The van der Waals surface area contributed by atoms with Crippen LogP contribution in [-0.2, 0) is 0 Å². The van der Waals surface area contributed by atoms with Gasteiger partial charge >= 0.3 is 0 Å². The molecule has 0 aromatic heterocycles. The van der Waals surface area contributed by atoms with Crippen molar-refractivity contribution in [2.24, 2.45) is 11.3 Å². The maximum absolute atomic E-state index is 3.53. The zero-order chi connectivity index (χ0) is 9.90. The molecule has 0 aliphatic heterocycles. The zero-order valence-corrected chi connectivity index (χ0v) is 9.56. The van der Waals surface area contributed by atoms with Crippen LogP contribution in [0.25, 0.3) is 0 Å². The van der Waals surface area contributed by atoms with Crippen LogP contribution in [0.2, 0.25) is 0 Å². The van der Waals surface area contributed by atoms with Gasteiger partial charge < -0.3 is 10.2 Å². The van der Waals surface area contributed by atoms with Crippen molar-refractivity contribution in [3.63, 3.8) is 0 Å². The minimum atomic E-state index is 0.629. The van der Waals surface area contributed by atoms with E-state index >= 15 is 0 Å². The van der Waals surface area contributed by atoms with Gasteiger partial charge in [-0.1, -0.05) is 20.8 Å². The summed E-state index contributed by atoms with van der Waals surface area (Å²) in [5.41, 5.74) is 0.629. The van der Waals surface area contributed by atoms with Crippen molar-refractivity contribution >= 4 is 0 Å². The van der Waals surface area contributed by atoms with Crippen molar-refractivity contribution in [3.8, 4) is 0 Å². The summed E-state index contributed by atoms with van der Waals surface area (Å²) in [6.07, 6.45) is 1.41. The molecule has 0 radical (unpaired) electrons. The Hall–Kier alpha value is -0.0800. The fraction of sp³-hybridized carbons (Fsp3) is 1.00. The average molecular weight is 184 g/mol. The average Bonchev–Trinajstić information content (AvgIpc) is 2.67. The molecule has 1 saturated carbocycles. The number of rotatable bonds is 6. The van der Waals surface area contributed by atoms with Gasteiger partial charge in [0.25, 0.3) is 0 Å². The van der Waals surface area contributed by atoms with Crippen molar-refractivity contribution in [2.45, 2.75) is 27.2 Å². The molecule has 0 saturated heterocycles. The Bertz CT molecular complexity index is 154. The lowest BCUT2D eigenvalue weighted by Gasteiger charge is -2.14. The van der Waals surface area contributed by atoms with Crippen molar-refractivity contribution in [1.82, 2.24) is 10.2 Å². The van der Waals surface area contributed by atoms with Crippen molar-refractivity contribution in [3.05, 3.63) is 0 Å². The first kappa shape index (κ1) is 11.0. The lowest BCUT2D eigenvalue weighted by Crippen LogP contribution is -2.30. The Balaban J connectivity index is 1.91. The molecule has 1 rings (SSSR count). The van der Waals surface area contributed by atoms with Gasteiger partial charge in [0.05, 0.1) is 0 Å². The molecule has 1 aliphatic carbocycles. The fourth-order valence-electron chi connectivity index (χ4n) is 1.63. The molecule has 0 amide bonds. The van der Waals surface area contributed by atoms with E-state index in [4.69, 9.17) is 0 Å². The summed E-state index contributed by atoms with van der Waals surface area (Å²) in [6, 6.07) is 0. The molecule has 2 nitrogen and oxygen atoms in total.